The van der Waals surface area contributed by atoms with Crippen LogP contribution in [0.15, 0.2) is 0 Å². The minimum Gasteiger partial charge on any atom is -0.316 e. The first-order valence-electron chi connectivity index (χ1n) is 6.85. The Bertz CT molecular complexity index is 217. The van der Waals surface area contributed by atoms with Gasteiger partial charge in [0.2, 0.25) is 0 Å². The molecule has 0 amide bonds. The van der Waals surface area contributed by atoms with Gasteiger partial charge in [0, 0.05) is 18.4 Å². The topological polar surface area (TPSA) is 29.1 Å². The van der Waals surface area contributed by atoms with Crippen molar-refractivity contribution < 1.29 is 4.79 Å². The fraction of sp³-hybridized carbons (Fsp3) is 0.929. The molecule has 1 saturated heterocycles. The number of hydrogen-bond donors (Lipinski definition) is 1. The molecule has 1 aliphatic heterocycles. The molecule has 0 spiro atoms. The van der Waals surface area contributed by atoms with Gasteiger partial charge in [-0.15, -0.1) is 0 Å². The number of nitrogens with one attached hydrogen (secondary N) is 1. The Morgan fingerprint density at radius 2 is 2.19 bits per heavy atom. The lowest BCUT2D eigenvalue weighted by Gasteiger charge is -2.35. The molecule has 1 fully saturated rings. The zero-order valence-electron chi connectivity index (χ0n) is 11.1. The Labute approximate surface area is 100 Å². The molecule has 1 rings (SSSR count). The molecule has 94 valence electrons. The summed E-state index contributed by atoms with van der Waals surface area (Å²) in [7, 11) is 0. The summed E-state index contributed by atoms with van der Waals surface area (Å²) in [6, 6.07) is 0. The maximum Gasteiger partial charge on any atom is 0.140 e. The number of ketones is 1. The second-order valence-corrected chi connectivity index (χ2v) is 5.62. The first-order chi connectivity index (χ1) is 7.60. The molecule has 1 heterocycles. The van der Waals surface area contributed by atoms with Crippen molar-refractivity contribution in [2.24, 2.45) is 11.3 Å². The van der Waals surface area contributed by atoms with E-state index in [1.54, 1.807) is 0 Å². The van der Waals surface area contributed by atoms with Gasteiger partial charge < -0.3 is 5.32 Å². The number of carbonyl (C=O) groups is 1. The first kappa shape index (κ1) is 13.7. The van der Waals surface area contributed by atoms with Crippen LogP contribution in [-0.2, 0) is 4.79 Å². The Balaban J connectivity index is 2.42. The van der Waals surface area contributed by atoms with E-state index >= 15 is 0 Å². The van der Waals surface area contributed by atoms with Gasteiger partial charge in [0.15, 0.2) is 0 Å². The smallest absolute Gasteiger partial charge is 0.140 e. The van der Waals surface area contributed by atoms with Gasteiger partial charge in [-0.1, -0.05) is 27.2 Å². The Morgan fingerprint density at radius 1 is 1.44 bits per heavy atom. The molecular weight excluding hydrogens is 198 g/mol. The van der Waals surface area contributed by atoms with Crippen molar-refractivity contribution in [2.45, 2.75) is 59.3 Å². The predicted molar refractivity (Wildman–Crippen MR) is 68.5 cm³/mol. The Kier molecular flexibility index (Phi) is 5.47. The highest BCUT2D eigenvalue weighted by molar-refractivity contribution is 5.85. The molecule has 2 heteroatoms. The van der Waals surface area contributed by atoms with Gasteiger partial charge >= 0.3 is 0 Å². The standard InChI is InChI=1S/C14H27NO/c1-4-14(9-6-10-15-11-14)13(16)8-5-7-12(2)3/h12,15H,4-11H2,1-3H3. The van der Waals surface area contributed by atoms with E-state index in [0.29, 0.717) is 5.78 Å². The van der Waals surface area contributed by atoms with Crippen LogP contribution in [0.3, 0.4) is 0 Å². The van der Waals surface area contributed by atoms with E-state index < -0.39 is 0 Å². The average molecular weight is 225 g/mol. The van der Waals surface area contributed by atoms with Gasteiger partial charge in [-0.05, 0) is 38.1 Å². The normalized spacial score (nSPS) is 26.0. The van der Waals surface area contributed by atoms with Gasteiger partial charge in [-0.3, -0.25) is 4.79 Å². The van der Waals surface area contributed by atoms with Crippen LogP contribution >= 0.6 is 0 Å². The van der Waals surface area contributed by atoms with Gasteiger partial charge in [0.1, 0.15) is 5.78 Å². The summed E-state index contributed by atoms with van der Waals surface area (Å²) < 4.78 is 0. The van der Waals surface area contributed by atoms with Gasteiger partial charge in [0.05, 0.1) is 0 Å². The molecule has 0 saturated carbocycles. The lowest BCUT2D eigenvalue weighted by molar-refractivity contribution is -0.130. The zero-order valence-corrected chi connectivity index (χ0v) is 11.1. The summed E-state index contributed by atoms with van der Waals surface area (Å²) >= 11 is 0. The van der Waals surface area contributed by atoms with E-state index in [0.717, 1.165) is 51.1 Å². The van der Waals surface area contributed by atoms with Crippen LogP contribution in [-0.4, -0.2) is 18.9 Å². The lowest BCUT2D eigenvalue weighted by Crippen LogP contribution is -2.45. The van der Waals surface area contributed by atoms with Crippen LogP contribution in [0.1, 0.15) is 59.3 Å². The summed E-state index contributed by atoms with van der Waals surface area (Å²) in [6.07, 6.45) is 6.28. The molecule has 16 heavy (non-hydrogen) atoms. The molecule has 0 radical (unpaired) electrons. The third-order valence-electron chi connectivity index (χ3n) is 3.93. The quantitative estimate of drug-likeness (QED) is 0.752. The van der Waals surface area contributed by atoms with Gasteiger partial charge in [-0.2, -0.15) is 0 Å². The van der Waals surface area contributed by atoms with Crippen molar-refractivity contribution in [2.75, 3.05) is 13.1 Å². The maximum atomic E-state index is 12.3. The van der Waals surface area contributed by atoms with E-state index in [1.165, 1.54) is 6.42 Å². The van der Waals surface area contributed by atoms with Crippen molar-refractivity contribution in [1.29, 1.82) is 0 Å². The summed E-state index contributed by atoms with van der Waals surface area (Å²) in [6.45, 7) is 8.60. The second-order valence-electron chi connectivity index (χ2n) is 5.62. The number of piperidine rings is 1. The first-order valence-corrected chi connectivity index (χ1v) is 6.85. The molecule has 0 aromatic rings. The largest absolute Gasteiger partial charge is 0.316 e. The number of carbonyl (C=O) groups excluding carboxylic acids is 1. The summed E-state index contributed by atoms with van der Waals surface area (Å²) in [5.74, 6) is 1.22. The van der Waals surface area contributed by atoms with E-state index in [2.05, 4.69) is 26.1 Å². The van der Waals surface area contributed by atoms with Crippen molar-refractivity contribution in [1.82, 2.24) is 5.32 Å². The highest BCUT2D eigenvalue weighted by atomic mass is 16.1. The lowest BCUT2D eigenvalue weighted by atomic mass is 9.73. The number of hydrogen-bond acceptors (Lipinski definition) is 2. The molecular formula is C14H27NO. The summed E-state index contributed by atoms with van der Waals surface area (Å²) in [5.41, 5.74) is -0.0325. The number of Topliss-reactive ketones (excluding diaryl/α,β-unsaturated/α-hetero) is 1. The summed E-state index contributed by atoms with van der Waals surface area (Å²) in [5, 5.41) is 3.39. The SMILES string of the molecule is CCC1(C(=O)CCCC(C)C)CCCNC1. The molecule has 1 N–H and O–H groups in total. The summed E-state index contributed by atoms with van der Waals surface area (Å²) in [4.78, 5) is 12.3. The third kappa shape index (κ3) is 3.58. The molecule has 0 bridgehead atoms. The second kappa shape index (κ2) is 6.39. The van der Waals surface area contributed by atoms with Crippen LogP contribution in [0.4, 0.5) is 0 Å². The Hall–Kier alpha value is -0.370. The van der Waals surface area contributed by atoms with E-state index in [1.807, 2.05) is 0 Å². The zero-order chi connectivity index (χ0) is 12.0. The van der Waals surface area contributed by atoms with Gasteiger partial charge in [0.25, 0.3) is 0 Å². The van der Waals surface area contributed by atoms with E-state index in [-0.39, 0.29) is 5.41 Å². The van der Waals surface area contributed by atoms with Crippen LogP contribution in [0.25, 0.3) is 0 Å². The molecule has 0 aliphatic carbocycles. The van der Waals surface area contributed by atoms with Crippen LogP contribution < -0.4 is 5.32 Å². The highest BCUT2D eigenvalue weighted by Gasteiger charge is 2.36. The minimum atomic E-state index is -0.0325. The van der Waals surface area contributed by atoms with Gasteiger partial charge in [-0.25, -0.2) is 0 Å². The molecule has 0 aromatic carbocycles. The number of rotatable bonds is 6. The van der Waals surface area contributed by atoms with Crippen molar-refractivity contribution in [3.05, 3.63) is 0 Å². The molecule has 2 nitrogen and oxygen atoms in total. The van der Waals surface area contributed by atoms with Crippen molar-refractivity contribution in [3.8, 4) is 0 Å². The van der Waals surface area contributed by atoms with Crippen molar-refractivity contribution in [3.63, 3.8) is 0 Å². The minimum absolute atomic E-state index is 0.0325. The monoisotopic (exact) mass is 225 g/mol. The van der Waals surface area contributed by atoms with E-state index in [9.17, 15) is 4.79 Å². The molecule has 1 unspecified atom stereocenters. The van der Waals surface area contributed by atoms with Crippen molar-refractivity contribution >= 4 is 5.78 Å². The fourth-order valence-electron chi connectivity index (χ4n) is 2.64. The maximum absolute atomic E-state index is 12.3. The average Bonchev–Trinajstić information content (AvgIpc) is 2.29. The molecule has 1 atom stereocenters. The highest BCUT2D eigenvalue weighted by Crippen LogP contribution is 2.32. The Morgan fingerprint density at radius 3 is 2.69 bits per heavy atom. The van der Waals surface area contributed by atoms with E-state index in [4.69, 9.17) is 0 Å². The fourth-order valence-corrected chi connectivity index (χ4v) is 2.64. The van der Waals surface area contributed by atoms with Crippen LogP contribution in [0, 0.1) is 11.3 Å². The van der Waals surface area contributed by atoms with Crippen LogP contribution in [0.5, 0.6) is 0 Å². The predicted octanol–water partition coefficient (Wildman–Crippen LogP) is 3.16. The molecule has 0 aromatic heterocycles. The molecule has 1 aliphatic rings. The van der Waals surface area contributed by atoms with Crippen LogP contribution in [0.2, 0.25) is 0 Å². The third-order valence-corrected chi connectivity index (χ3v) is 3.93.